The lowest BCUT2D eigenvalue weighted by atomic mass is 10.00. The third-order valence-electron chi connectivity index (χ3n) is 2.72. The number of rotatable bonds is 3. The molecule has 15 heavy (non-hydrogen) atoms. The zero-order chi connectivity index (χ0) is 10.7. The van der Waals surface area contributed by atoms with Crippen LogP contribution in [0.5, 0.6) is 0 Å². The molecule has 0 bridgehead atoms. The highest BCUT2D eigenvalue weighted by Gasteiger charge is 2.21. The fourth-order valence-electron chi connectivity index (χ4n) is 1.94. The van der Waals surface area contributed by atoms with E-state index in [2.05, 4.69) is 29.3 Å². The van der Waals surface area contributed by atoms with Gasteiger partial charge in [0.1, 0.15) is 0 Å². The molecule has 1 atom stereocenters. The van der Waals surface area contributed by atoms with Gasteiger partial charge in [-0.25, -0.2) is 0 Å². The highest BCUT2D eigenvalue weighted by atomic mass is 16.5. The molecule has 4 nitrogen and oxygen atoms in total. The molecule has 0 aromatic carbocycles. The minimum absolute atomic E-state index is 0.423. The fourth-order valence-corrected chi connectivity index (χ4v) is 1.94. The molecule has 1 unspecified atom stereocenters. The molecule has 0 aliphatic carbocycles. The standard InChI is InChI=1S/C11H19N3O/c1-8(2)6-10-13-11(15-14-10)9-4-3-5-12-7-9/h8-9,12H,3-7H2,1-2H3. The van der Waals surface area contributed by atoms with Crippen molar-refractivity contribution >= 4 is 0 Å². The van der Waals surface area contributed by atoms with Crippen molar-refractivity contribution in [1.29, 1.82) is 0 Å². The number of nitrogens with one attached hydrogen (secondary N) is 1. The molecule has 1 aliphatic rings. The minimum atomic E-state index is 0.423. The van der Waals surface area contributed by atoms with Crippen LogP contribution in [-0.4, -0.2) is 23.2 Å². The molecule has 0 saturated carbocycles. The molecular formula is C11H19N3O. The number of hydrogen-bond donors (Lipinski definition) is 1. The zero-order valence-corrected chi connectivity index (χ0v) is 9.49. The third-order valence-corrected chi connectivity index (χ3v) is 2.72. The van der Waals surface area contributed by atoms with Gasteiger partial charge in [0.2, 0.25) is 5.89 Å². The predicted molar refractivity (Wildman–Crippen MR) is 57.7 cm³/mol. The van der Waals surface area contributed by atoms with Crippen LogP contribution in [0.15, 0.2) is 4.52 Å². The van der Waals surface area contributed by atoms with E-state index in [1.165, 1.54) is 6.42 Å². The van der Waals surface area contributed by atoms with Crippen molar-refractivity contribution in [3.05, 3.63) is 11.7 Å². The maximum atomic E-state index is 5.30. The molecule has 84 valence electrons. The van der Waals surface area contributed by atoms with Crippen LogP contribution in [0.25, 0.3) is 0 Å². The van der Waals surface area contributed by atoms with Gasteiger partial charge in [-0.1, -0.05) is 19.0 Å². The lowest BCUT2D eigenvalue weighted by Crippen LogP contribution is -2.28. The van der Waals surface area contributed by atoms with Crippen molar-refractivity contribution in [2.45, 2.75) is 39.0 Å². The average Bonchev–Trinajstić information content (AvgIpc) is 2.67. The Labute approximate surface area is 90.4 Å². The molecular weight excluding hydrogens is 190 g/mol. The molecule has 1 N–H and O–H groups in total. The summed E-state index contributed by atoms with van der Waals surface area (Å²) in [7, 11) is 0. The normalized spacial score (nSPS) is 22.2. The Kier molecular flexibility index (Phi) is 3.36. The Balaban J connectivity index is 1.99. The molecule has 0 spiro atoms. The summed E-state index contributed by atoms with van der Waals surface area (Å²) >= 11 is 0. The molecule has 1 saturated heterocycles. The second-order valence-electron chi connectivity index (χ2n) is 4.69. The first kappa shape index (κ1) is 10.6. The zero-order valence-electron chi connectivity index (χ0n) is 9.49. The van der Waals surface area contributed by atoms with E-state index in [1.54, 1.807) is 0 Å². The van der Waals surface area contributed by atoms with Gasteiger partial charge in [-0.3, -0.25) is 0 Å². The van der Waals surface area contributed by atoms with Crippen molar-refractivity contribution in [2.75, 3.05) is 13.1 Å². The largest absolute Gasteiger partial charge is 0.339 e. The Morgan fingerprint density at radius 3 is 3.07 bits per heavy atom. The van der Waals surface area contributed by atoms with Crippen molar-refractivity contribution in [3.8, 4) is 0 Å². The summed E-state index contributed by atoms with van der Waals surface area (Å²) in [6, 6.07) is 0. The summed E-state index contributed by atoms with van der Waals surface area (Å²) in [5.74, 6) is 2.68. The van der Waals surface area contributed by atoms with Gasteiger partial charge in [0.15, 0.2) is 5.82 Å². The van der Waals surface area contributed by atoms with Gasteiger partial charge in [-0.05, 0) is 25.3 Å². The van der Waals surface area contributed by atoms with Crippen LogP contribution in [0.4, 0.5) is 0 Å². The van der Waals surface area contributed by atoms with Crippen molar-refractivity contribution in [2.24, 2.45) is 5.92 Å². The van der Waals surface area contributed by atoms with Gasteiger partial charge in [0.25, 0.3) is 0 Å². The van der Waals surface area contributed by atoms with E-state index in [4.69, 9.17) is 4.52 Å². The maximum absolute atomic E-state index is 5.30. The van der Waals surface area contributed by atoms with Gasteiger partial charge < -0.3 is 9.84 Å². The highest BCUT2D eigenvalue weighted by molar-refractivity contribution is 4.97. The number of hydrogen-bond acceptors (Lipinski definition) is 4. The van der Waals surface area contributed by atoms with E-state index in [-0.39, 0.29) is 0 Å². The first-order valence-corrected chi connectivity index (χ1v) is 5.79. The molecule has 1 aromatic rings. The van der Waals surface area contributed by atoms with Crippen LogP contribution in [0.2, 0.25) is 0 Å². The molecule has 2 heterocycles. The summed E-state index contributed by atoms with van der Waals surface area (Å²) < 4.78 is 5.30. The third kappa shape index (κ3) is 2.78. The van der Waals surface area contributed by atoms with E-state index in [1.807, 2.05) is 0 Å². The van der Waals surface area contributed by atoms with E-state index in [0.717, 1.165) is 37.6 Å². The second kappa shape index (κ2) is 4.75. The number of piperidine rings is 1. The van der Waals surface area contributed by atoms with E-state index in [9.17, 15) is 0 Å². The van der Waals surface area contributed by atoms with Gasteiger partial charge in [-0.2, -0.15) is 4.98 Å². The molecule has 1 fully saturated rings. The first-order chi connectivity index (χ1) is 7.25. The van der Waals surface area contributed by atoms with E-state index < -0.39 is 0 Å². The molecule has 1 aliphatic heterocycles. The average molecular weight is 209 g/mol. The predicted octanol–water partition coefficient (Wildman–Crippen LogP) is 1.74. The van der Waals surface area contributed by atoms with Crippen LogP contribution in [-0.2, 0) is 6.42 Å². The van der Waals surface area contributed by atoms with Crippen LogP contribution < -0.4 is 5.32 Å². The van der Waals surface area contributed by atoms with Gasteiger partial charge >= 0.3 is 0 Å². The van der Waals surface area contributed by atoms with Gasteiger partial charge in [0, 0.05) is 13.0 Å². The first-order valence-electron chi connectivity index (χ1n) is 5.79. The summed E-state index contributed by atoms with van der Waals surface area (Å²) in [6.07, 6.45) is 3.27. The Morgan fingerprint density at radius 2 is 2.40 bits per heavy atom. The van der Waals surface area contributed by atoms with Crippen molar-refractivity contribution in [3.63, 3.8) is 0 Å². The summed E-state index contributed by atoms with van der Waals surface area (Å²) in [5.41, 5.74) is 0. The molecule has 0 amide bonds. The Bertz CT molecular complexity index is 303. The monoisotopic (exact) mass is 209 g/mol. The fraction of sp³-hybridized carbons (Fsp3) is 0.818. The minimum Gasteiger partial charge on any atom is -0.339 e. The lowest BCUT2D eigenvalue weighted by molar-refractivity contribution is 0.319. The summed E-state index contributed by atoms with van der Waals surface area (Å²) in [6.45, 7) is 6.42. The van der Waals surface area contributed by atoms with Crippen molar-refractivity contribution < 1.29 is 4.52 Å². The SMILES string of the molecule is CC(C)Cc1noc(C2CCCNC2)n1. The topological polar surface area (TPSA) is 51.0 Å². The quantitative estimate of drug-likeness (QED) is 0.823. The lowest BCUT2D eigenvalue weighted by Gasteiger charge is -2.18. The molecule has 0 radical (unpaired) electrons. The van der Waals surface area contributed by atoms with Crippen molar-refractivity contribution in [1.82, 2.24) is 15.5 Å². The van der Waals surface area contributed by atoms with Gasteiger partial charge in [-0.15, -0.1) is 0 Å². The van der Waals surface area contributed by atoms with Crippen LogP contribution in [0.1, 0.15) is 44.3 Å². The second-order valence-corrected chi connectivity index (χ2v) is 4.69. The molecule has 4 heteroatoms. The van der Waals surface area contributed by atoms with Crippen LogP contribution >= 0.6 is 0 Å². The molecule has 1 aromatic heterocycles. The van der Waals surface area contributed by atoms with Gasteiger partial charge in [0.05, 0.1) is 5.92 Å². The van der Waals surface area contributed by atoms with Crippen LogP contribution in [0.3, 0.4) is 0 Å². The van der Waals surface area contributed by atoms with E-state index in [0.29, 0.717) is 11.8 Å². The maximum Gasteiger partial charge on any atom is 0.231 e. The molecule has 2 rings (SSSR count). The highest BCUT2D eigenvalue weighted by Crippen LogP contribution is 2.21. The number of nitrogens with zero attached hydrogens (tertiary/aromatic N) is 2. The number of aromatic nitrogens is 2. The van der Waals surface area contributed by atoms with E-state index >= 15 is 0 Å². The summed E-state index contributed by atoms with van der Waals surface area (Å²) in [4.78, 5) is 4.46. The summed E-state index contributed by atoms with van der Waals surface area (Å²) in [5, 5.41) is 7.37. The smallest absolute Gasteiger partial charge is 0.231 e. The Morgan fingerprint density at radius 1 is 1.53 bits per heavy atom. The Hall–Kier alpha value is -0.900. The van der Waals surface area contributed by atoms with Crippen LogP contribution in [0, 0.1) is 5.92 Å².